The van der Waals surface area contributed by atoms with Crippen LogP contribution in [0.1, 0.15) is 19.3 Å². The zero-order chi connectivity index (χ0) is 6.27. The van der Waals surface area contributed by atoms with E-state index in [9.17, 15) is 5.11 Å². The molecular weight excluding hydrogens is 116 g/mol. The normalized spacial score (nSPS) is 32.7. The molecule has 2 nitrogen and oxygen atoms in total. The molecule has 0 aromatic rings. The highest BCUT2D eigenvalue weighted by molar-refractivity contribution is 4.98. The van der Waals surface area contributed by atoms with Gasteiger partial charge in [-0.25, -0.2) is 0 Å². The lowest BCUT2D eigenvalue weighted by Gasteiger charge is -2.15. The highest BCUT2D eigenvalue weighted by atomic mass is 16.7. The predicted molar refractivity (Wildman–Crippen MR) is 31.7 cm³/mol. The molecule has 2 rings (SSSR count). The maximum absolute atomic E-state index is 10.7. The van der Waals surface area contributed by atoms with Crippen LogP contribution in [-0.4, -0.2) is 12.7 Å². The minimum atomic E-state index is 0.282. The fraction of sp³-hybridized carbons (Fsp3) is 0.714. The van der Waals surface area contributed by atoms with Crippen LogP contribution in [0.3, 0.4) is 0 Å². The Kier molecular flexibility index (Phi) is 0.949. The summed E-state index contributed by atoms with van der Waals surface area (Å²) in [6.07, 6.45) is 5.35. The Hall–Kier alpha value is -0.660. The van der Waals surface area contributed by atoms with Crippen LogP contribution in [0.5, 0.6) is 0 Å². The SMILES string of the molecule is [O-]C1=C[O+]2CCCC2C1. The van der Waals surface area contributed by atoms with Gasteiger partial charge >= 0.3 is 0 Å². The summed E-state index contributed by atoms with van der Waals surface area (Å²) in [4.78, 5) is 0. The molecule has 0 bridgehead atoms. The lowest BCUT2D eigenvalue weighted by molar-refractivity contribution is -0.305. The topological polar surface area (TPSA) is 25.8 Å². The molecule has 0 spiro atoms. The van der Waals surface area contributed by atoms with Gasteiger partial charge in [0.15, 0.2) is 12.7 Å². The fourth-order valence-corrected chi connectivity index (χ4v) is 1.60. The van der Waals surface area contributed by atoms with Crippen LogP contribution in [-0.2, 0) is 4.37 Å². The second-order valence-corrected chi connectivity index (χ2v) is 2.73. The quantitative estimate of drug-likeness (QED) is 0.429. The van der Waals surface area contributed by atoms with Gasteiger partial charge in [0.1, 0.15) is 0 Å². The van der Waals surface area contributed by atoms with Gasteiger partial charge in [-0.15, -0.1) is 0 Å². The molecule has 1 atom stereocenters. The van der Waals surface area contributed by atoms with E-state index in [0.29, 0.717) is 6.10 Å². The van der Waals surface area contributed by atoms with E-state index in [1.54, 1.807) is 6.26 Å². The van der Waals surface area contributed by atoms with Crippen molar-refractivity contribution in [2.45, 2.75) is 25.4 Å². The number of fused-ring (bicyclic) bond motifs is 1. The smallest absolute Gasteiger partial charge is 0.206 e. The van der Waals surface area contributed by atoms with E-state index in [2.05, 4.69) is 4.37 Å². The predicted octanol–water partition coefficient (Wildman–Crippen LogP) is 0.306. The maximum atomic E-state index is 10.7. The fourth-order valence-electron chi connectivity index (χ4n) is 1.60. The van der Waals surface area contributed by atoms with Crippen molar-refractivity contribution in [1.29, 1.82) is 0 Å². The third kappa shape index (κ3) is 0.696. The van der Waals surface area contributed by atoms with Crippen molar-refractivity contribution in [3.05, 3.63) is 12.0 Å². The molecular formula is C7H10O2. The Morgan fingerprint density at radius 1 is 1.67 bits per heavy atom. The van der Waals surface area contributed by atoms with E-state index >= 15 is 0 Å². The van der Waals surface area contributed by atoms with Gasteiger partial charge < -0.3 is 9.47 Å². The lowest BCUT2D eigenvalue weighted by atomic mass is 10.2. The monoisotopic (exact) mass is 126 g/mol. The minimum absolute atomic E-state index is 0.282. The molecule has 0 aliphatic carbocycles. The zero-order valence-electron chi connectivity index (χ0n) is 5.30. The minimum Gasteiger partial charge on any atom is -0.870 e. The number of hydrogen-bond donors (Lipinski definition) is 0. The van der Waals surface area contributed by atoms with Gasteiger partial charge in [-0.1, -0.05) is 0 Å². The second-order valence-electron chi connectivity index (χ2n) is 2.73. The molecule has 0 aromatic heterocycles. The highest BCUT2D eigenvalue weighted by Crippen LogP contribution is 2.31. The summed E-state index contributed by atoms with van der Waals surface area (Å²) in [6, 6.07) is 0. The first kappa shape index (κ1) is 5.15. The first-order valence-electron chi connectivity index (χ1n) is 3.42. The van der Waals surface area contributed by atoms with Crippen molar-refractivity contribution in [2.24, 2.45) is 0 Å². The van der Waals surface area contributed by atoms with Gasteiger partial charge in [0.25, 0.3) is 0 Å². The summed E-state index contributed by atoms with van der Waals surface area (Å²) in [5.74, 6) is 0.282. The highest BCUT2D eigenvalue weighted by Gasteiger charge is 2.31. The average molecular weight is 126 g/mol. The Bertz CT molecular complexity index is 151. The van der Waals surface area contributed by atoms with Crippen molar-refractivity contribution in [3.8, 4) is 0 Å². The van der Waals surface area contributed by atoms with Gasteiger partial charge in [-0.2, -0.15) is 0 Å². The van der Waals surface area contributed by atoms with E-state index in [1.807, 2.05) is 0 Å². The summed E-state index contributed by atoms with van der Waals surface area (Å²) in [5, 5.41) is 10.7. The largest absolute Gasteiger partial charge is 0.870 e. The Balaban J connectivity index is 2.13. The third-order valence-corrected chi connectivity index (χ3v) is 2.05. The first-order valence-corrected chi connectivity index (χ1v) is 3.42. The van der Waals surface area contributed by atoms with E-state index < -0.39 is 0 Å². The molecule has 0 amide bonds. The van der Waals surface area contributed by atoms with Crippen molar-refractivity contribution >= 4 is 0 Å². The molecule has 1 unspecified atom stereocenters. The average Bonchev–Trinajstić information content (AvgIpc) is 2.22. The lowest BCUT2D eigenvalue weighted by Crippen LogP contribution is -2.10. The van der Waals surface area contributed by atoms with Crippen LogP contribution in [0.2, 0.25) is 0 Å². The van der Waals surface area contributed by atoms with E-state index in [-0.39, 0.29) is 5.76 Å². The zero-order valence-corrected chi connectivity index (χ0v) is 5.30. The molecule has 9 heavy (non-hydrogen) atoms. The summed E-state index contributed by atoms with van der Waals surface area (Å²) < 4.78 is 2.94. The number of hydrogen-bond acceptors (Lipinski definition) is 1. The molecule has 50 valence electrons. The van der Waals surface area contributed by atoms with Crippen molar-refractivity contribution in [1.82, 2.24) is 0 Å². The summed E-state index contributed by atoms with van der Waals surface area (Å²) in [7, 11) is 0. The summed E-state index contributed by atoms with van der Waals surface area (Å²) in [6.45, 7) is 1.02. The van der Waals surface area contributed by atoms with Crippen LogP contribution in [0.25, 0.3) is 0 Å². The molecule has 2 heteroatoms. The molecule has 1 fully saturated rings. The van der Waals surface area contributed by atoms with Crippen LogP contribution >= 0.6 is 0 Å². The van der Waals surface area contributed by atoms with Crippen molar-refractivity contribution in [3.63, 3.8) is 0 Å². The summed E-state index contributed by atoms with van der Waals surface area (Å²) in [5.41, 5.74) is 0. The Morgan fingerprint density at radius 2 is 2.56 bits per heavy atom. The van der Waals surface area contributed by atoms with Crippen molar-refractivity contribution in [2.75, 3.05) is 6.61 Å². The van der Waals surface area contributed by atoms with E-state index in [0.717, 1.165) is 13.0 Å². The van der Waals surface area contributed by atoms with Crippen molar-refractivity contribution < 1.29 is 9.47 Å². The molecule has 2 heterocycles. The standard InChI is InChI=1S/C7H10O2/c8-6-4-7-2-1-3-9(7)5-6/h5,7H,1-4H2. The van der Waals surface area contributed by atoms with Gasteiger partial charge in [-0.3, -0.25) is 0 Å². The molecule has 0 aromatic carbocycles. The molecule has 2 aliphatic rings. The van der Waals surface area contributed by atoms with Crippen LogP contribution in [0.15, 0.2) is 12.0 Å². The molecule has 2 aliphatic heterocycles. The van der Waals surface area contributed by atoms with E-state index in [4.69, 9.17) is 0 Å². The number of rotatable bonds is 0. The van der Waals surface area contributed by atoms with Crippen LogP contribution < -0.4 is 5.11 Å². The maximum Gasteiger partial charge on any atom is 0.206 e. The molecule has 0 saturated carbocycles. The summed E-state index contributed by atoms with van der Waals surface area (Å²) >= 11 is 0. The molecule has 0 N–H and O–H groups in total. The Morgan fingerprint density at radius 3 is 3.33 bits per heavy atom. The van der Waals surface area contributed by atoms with Gasteiger partial charge in [-0.05, 0) is 5.76 Å². The second kappa shape index (κ2) is 1.66. The Labute approximate surface area is 54.5 Å². The van der Waals surface area contributed by atoms with Crippen LogP contribution in [0, 0.1) is 0 Å². The van der Waals surface area contributed by atoms with Gasteiger partial charge in [0.2, 0.25) is 6.26 Å². The molecule has 1 saturated heterocycles. The molecule has 0 radical (unpaired) electrons. The van der Waals surface area contributed by atoms with Gasteiger partial charge in [0.05, 0.1) is 0 Å². The van der Waals surface area contributed by atoms with Gasteiger partial charge in [0, 0.05) is 19.3 Å². The third-order valence-electron chi connectivity index (χ3n) is 2.05. The van der Waals surface area contributed by atoms with Crippen LogP contribution in [0.4, 0.5) is 0 Å². The van der Waals surface area contributed by atoms with E-state index in [1.165, 1.54) is 12.8 Å². The first-order chi connectivity index (χ1) is 4.36.